The molecule has 1 fully saturated rings. The fourth-order valence-electron chi connectivity index (χ4n) is 1.53. The largest absolute Gasteiger partial charge is 0.330 e. The van der Waals surface area contributed by atoms with Gasteiger partial charge in [-0.25, -0.2) is 0 Å². The summed E-state index contributed by atoms with van der Waals surface area (Å²) in [4.78, 5) is 2.52. The van der Waals surface area contributed by atoms with Crippen LogP contribution in [-0.2, 0) is 0 Å². The molecule has 0 aliphatic carbocycles. The van der Waals surface area contributed by atoms with E-state index in [0.29, 0.717) is 0 Å². The van der Waals surface area contributed by atoms with E-state index in [2.05, 4.69) is 11.2 Å². The Hall–Kier alpha value is 0.270. The molecule has 1 heterocycles. The molecule has 0 saturated carbocycles. The van der Waals surface area contributed by atoms with E-state index in [1.54, 1.807) is 0 Å². The number of hydrogen-bond donors (Lipinski definition) is 1. The lowest BCUT2D eigenvalue weighted by atomic mass is 10.1. The van der Waals surface area contributed by atoms with Gasteiger partial charge in [0.1, 0.15) is 0 Å². The number of nitrogens with two attached hydrogens (primary N) is 1. The Morgan fingerprint density at radius 3 is 3.00 bits per heavy atom. The SMILES string of the molecule is CSCCN1CCC(CN)C1. The lowest BCUT2D eigenvalue weighted by Gasteiger charge is -2.13. The fraction of sp³-hybridized carbons (Fsp3) is 1.00. The van der Waals surface area contributed by atoms with Crippen molar-refractivity contribution in [1.82, 2.24) is 4.90 Å². The van der Waals surface area contributed by atoms with Gasteiger partial charge in [0.15, 0.2) is 0 Å². The molecular formula is C8H18N2S. The summed E-state index contributed by atoms with van der Waals surface area (Å²) in [5.74, 6) is 2.04. The van der Waals surface area contributed by atoms with Crippen molar-refractivity contribution >= 4 is 11.8 Å². The number of nitrogens with zero attached hydrogens (tertiary/aromatic N) is 1. The van der Waals surface area contributed by atoms with E-state index in [-0.39, 0.29) is 0 Å². The molecule has 0 spiro atoms. The van der Waals surface area contributed by atoms with Gasteiger partial charge in [-0.3, -0.25) is 0 Å². The Morgan fingerprint density at radius 1 is 1.64 bits per heavy atom. The summed E-state index contributed by atoms with van der Waals surface area (Å²) in [7, 11) is 0. The second-order valence-corrected chi connectivity index (χ2v) is 4.17. The van der Waals surface area contributed by atoms with Crippen LogP contribution in [0.25, 0.3) is 0 Å². The molecule has 3 heteroatoms. The van der Waals surface area contributed by atoms with Gasteiger partial charge in [0.05, 0.1) is 0 Å². The molecule has 1 unspecified atom stereocenters. The molecule has 2 N–H and O–H groups in total. The molecule has 0 aromatic rings. The number of thioether (sulfide) groups is 1. The van der Waals surface area contributed by atoms with Gasteiger partial charge in [0.25, 0.3) is 0 Å². The number of likely N-dealkylation sites (tertiary alicyclic amines) is 1. The van der Waals surface area contributed by atoms with Gasteiger partial charge < -0.3 is 10.6 Å². The summed E-state index contributed by atoms with van der Waals surface area (Å²) in [5.41, 5.74) is 5.59. The predicted octanol–water partition coefficient (Wildman–Crippen LogP) is 0.630. The highest BCUT2D eigenvalue weighted by Gasteiger charge is 2.19. The molecule has 0 aromatic carbocycles. The first kappa shape index (κ1) is 9.36. The van der Waals surface area contributed by atoms with Crippen LogP contribution in [0.5, 0.6) is 0 Å². The minimum absolute atomic E-state index is 0.775. The van der Waals surface area contributed by atoms with E-state index < -0.39 is 0 Å². The van der Waals surface area contributed by atoms with E-state index in [1.807, 2.05) is 11.8 Å². The molecular weight excluding hydrogens is 156 g/mol. The zero-order chi connectivity index (χ0) is 8.10. The lowest BCUT2D eigenvalue weighted by molar-refractivity contribution is 0.346. The second-order valence-electron chi connectivity index (χ2n) is 3.18. The molecule has 0 amide bonds. The van der Waals surface area contributed by atoms with Gasteiger partial charge in [0, 0.05) is 18.8 Å². The quantitative estimate of drug-likeness (QED) is 0.678. The van der Waals surface area contributed by atoms with Crippen LogP contribution in [0.2, 0.25) is 0 Å². The maximum atomic E-state index is 5.59. The van der Waals surface area contributed by atoms with E-state index in [4.69, 9.17) is 5.73 Å². The standard InChI is InChI=1S/C8H18N2S/c1-11-5-4-10-3-2-8(6-9)7-10/h8H,2-7,9H2,1H3. The molecule has 66 valence electrons. The molecule has 1 atom stereocenters. The van der Waals surface area contributed by atoms with Crippen molar-refractivity contribution in [2.45, 2.75) is 6.42 Å². The van der Waals surface area contributed by atoms with E-state index in [9.17, 15) is 0 Å². The Balaban J connectivity index is 2.09. The van der Waals surface area contributed by atoms with Gasteiger partial charge in [-0.15, -0.1) is 0 Å². The topological polar surface area (TPSA) is 29.3 Å². The van der Waals surface area contributed by atoms with Crippen molar-refractivity contribution in [2.75, 3.05) is 38.2 Å². The molecule has 0 aromatic heterocycles. The average molecular weight is 174 g/mol. The van der Waals surface area contributed by atoms with Crippen molar-refractivity contribution < 1.29 is 0 Å². The summed E-state index contributed by atoms with van der Waals surface area (Å²) in [6.07, 6.45) is 3.47. The number of hydrogen-bond acceptors (Lipinski definition) is 3. The normalized spacial score (nSPS) is 26.2. The molecule has 1 aliphatic heterocycles. The van der Waals surface area contributed by atoms with Crippen molar-refractivity contribution in [3.8, 4) is 0 Å². The third kappa shape index (κ3) is 3.01. The monoisotopic (exact) mass is 174 g/mol. The molecule has 0 radical (unpaired) electrons. The Labute approximate surface area is 73.5 Å². The summed E-state index contributed by atoms with van der Waals surface area (Å²) in [6.45, 7) is 4.62. The van der Waals surface area contributed by atoms with Gasteiger partial charge in [-0.1, -0.05) is 0 Å². The van der Waals surface area contributed by atoms with Gasteiger partial charge in [0.2, 0.25) is 0 Å². The molecule has 1 aliphatic rings. The second kappa shape index (κ2) is 5.01. The van der Waals surface area contributed by atoms with E-state index >= 15 is 0 Å². The van der Waals surface area contributed by atoms with Crippen molar-refractivity contribution in [3.63, 3.8) is 0 Å². The third-order valence-corrected chi connectivity index (χ3v) is 2.91. The first-order valence-electron chi connectivity index (χ1n) is 4.28. The molecule has 2 nitrogen and oxygen atoms in total. The predicted molar refractivity (Wildman–Crippen MR) is 52.0 cm³/mol. The van der Waals surface area contributed by atoms with Gasteiger partial charge >= 0.3 is 0 Å². The highest BCUT2D eigenvalue weighted by Crippen LogP contribution is 2.14. The lowest BCUT2D eigenvalue weighted by Crippen LogP contribution is -2.25. The Morgan fingerprint density at radius 2 is 2.45 bits per heavy atom. The Bertz CT molecular complexity index is 108. The van der Waals surface area contributed by atoms with Crippen LogP contribution in [0, 0.1) is 5.92 Å². The van der Waals surface area contributed by atoms with Crippen LogP contribution in [-0.4, -0.2) is 43.1 Å². The van der Waals surface area contributed by atoms with Crippen molar-refractivity contribution in [2.24, 2.45) is 11.7 Å². The maximum Gasteiger partial charge on any atom is 0.00724 e. The zero-order valence-electron chi connectivity index (χ0n) is 7.25. The van der Waals surface area contributed by atoms with Gasteiger partial charge in [-0.05, 0) is 31.7 Å². The van der Waals surface area contributed by atoms with Crippen LogP contribution < -0.4 is 5.73 Å². The summed E-state index contributed by atoms with van der Waals surface area (Å²) in [6, 6.07) is 0. The third-order valence-electron chi connectivity index (χ3n) is 2.31. The smallest absolute Gasteiger partial charge is 0.00724 e. The fourth-order valence-corrected chi connectivity index (χ4v) is 1.97. The maximum absolute atomic E-state index is 5.59. The summed E-state index contributed by atoms with van der Waals surface area (Å²) in [5, 5.41) is 0. The van der Waals surface area contributed by atoms with Crippen LogP contribution in [0.3, 0.4) is 0 Å². The number of rotatable bonds is 4. The van der Waals surface area contributed by atoms with Gasteiger partial charge in [-0.2, -0.15) is 11.8 Å². The van der Waals surface area contributed by atoms with Crippen LogP contribution in [0.1, 0.15) is 6.42 Å². The van der Waals surface area contributed by atoms with Crippen molar-refractivity contribution in [1.29, 1.82) is 0 Å². The Kier molecular flexibility index (Phi) is 4.26. The van der Waals surface area contributed by atoms with Crippen LogP contribution in [0.15, 0.2) is 0 Å². The minimum atomic E-state index is 0.775. The molecule has 1 saturated heterocycles. The van der Waals surface area contributed by atoms with Crippen LogP contribution in [0.4, 0.5) is 0 Å². The van der Waals surface area contributed by atoms with Crippen LogP contribution >= 0.6 is 11.8 Å². The minimum Gasteiger partial charge on any atom is -0.330 e. The van der Waals surface area contributed by atoms with Crippen molar-refractivity contribution in [3.05, 3.63) is 0 Å². The molecule has 0 bridgehead atoms. The average Bonchev–Trinajstić information content (AvgIpc) is 2.48. The summed E-state index contributed by atoms with van der Waals surface area (Å²) >= 11 is 1.92. The molecule has 1 rings (SSSR count). The molecule has 11 heavy (non-hydrogen) atoms. The van der Waals surface area contributed by atoms with E-state index in [1.165, 1.54) is 31.8 Å². The summed E-state index contributed by atoms with van der Waals surface area (Å²) < 4.78 is 0. The first-order chi connectivity index (χ1) is 5.36. The van der Waals surface area contributed by atoms with E-state index in [0.717, 1.165) is 12.5 Å². The zero-order valence-corrected chi connectivity index (χ0v) is 8.07. The first-order valence-corrected chi connectivity index (χ1v) is 5.67. The highest BCUT2D eigenvalue weighted by molar-refractivity contribution is 7.98. The highest BCUT2D eigenvalue weighted by atomic mass is 32.2.